The molecule has 0 spiro atoms. The number of H-pyrrole nitrogens is 1. The maximum absolute atomic E-state index is 11.4. The molecule has 0 bridgehead atoms. The summed E-state index contributed by atoms with van der Waals surface area (Å²) < 4.78 is 5.37. The van der Waals surface area contributed by atoms with Gasteiger partial charge >= 0.3 is 0 Å². The summed E-state index contributed by atoms with van der Waals surface area (Å²) in [6.07, 6.45) is 0. The molecule has 2 N–H and O–H groups in total. The predicted octanol–water partition coefficient (Wildman–Crippen LogP) is 5.02. The molecule has 3 aromatic carbocycles. The molecular formula is C25H24N4O4. The van der Waals surface area contributed by atoms with Crippen LogP contribution in [-0.4, -0.2) is 46.8 Å². The highest BCUT2D eigenvalue weighted by Crippen LogP contribution is 2.34. The van der Waals surface area contributed by atoms with Gasteiger partial charge in [-0.2, -0.15) is 0 Å². The largest absolute Gasteiger partial charge is 0.497 e. The number of aromatic amines is 1. The zero-order valence-corrected chi connectivity index (χ0v) is 18.6. The van der Waals surface area contributed by atoms with Crippen molar-refractivity contribution in [2.75, 3.05) is 21.2 Å². The number of nitrogens with zero attached hydrogens (tertiary/aromatic N) is 3. The van der Waals surface area contributed by atoms with E-state index in [1.54, 1.807) is 13.2 Å². The Hall–Kier alpha value is -4.17. The van der Waals surface area contributed by atoms with Crippen LogP contribution in [-0.2, 0) is 6.54 Å². The van der Waals surface area contributed by atoms with Gasteiger partial charge in [-0.25, -0.2) is 4.99 Å². The average molecular weight is 444 g/mol. The van der Waals surface area contributed by atoms with E-state index in [4.69, 9.17) is 9.73 Å². The summed E-state index contributed by atoms with van der Waals surface area (Å²) in [6, 6.07) is 19.6. The van der Waals surface area contributed by atoms with Crippen LogP contribution in [0.2, 0.25) is 0 Å². The summed E-state index contributed by atoms with van der Waals surface area (Å²) in [7, 11) is 5.59. The van der Waals surface area contributed by atoms with E-state index in [1.165, 1.54) is 12.1 Å². The number of hydrogen-bond acceptors (Lipinski definition) is 6. The zero-order valence-electron chi connectivity index (χ0n) is 18.6. The second-order valence-electron chi connectivity index (χ2n) is 7.93. The first-order valence-corrected chi connectivity index (χ1v) is 10.3. The highest BCUT2D eigenvalue weighted by molar-refractivity contribution is 6.22. The zero-order chi connectivity index (χ0) is 23.5. The number of nitrogens with one attached hydrogen (secondary N) is 1. The van der Waals surface area contributed by atoms with Gasteiger partial charge in [-0.05, 0) is 50.0 Å². The average Bonchev–Trinajstić information content (AvgIpc) is 3.13. The van der Waals surface area contributed by atoms with Crippen LogP contribution in [0.5, 0.6) is 11.6 Å². The van der Waals surface area contributed by atoms with Crippen molar-refractivity contribution < 1.29 is 14.8 Å². The molecule has 0 aliphatic carbocycles. The van der Waals surface area contributed by atoms with Gasteiger partial charge < -0.3 is 19.7 Å². The van der Waals surface area contributed by atoms with Crippen molar-refractivity contribution in [2.45, 2.75) is 6.54 Å². The molecule has 0 amide bonds. The van der Waals surface area contributed by atoms with Crippen molar-refractivity contribution >= 4 is 28.0 Å². The third-order valence-corrected chi connectivity index (χ3v) is 5.23. The van der Waals surface area contributed by atoms with E-state index < -0.39 is 4.92 Å². The molecule has 8 nitrogen and oxygen atoms in total. The van der Waals surface area contributed by atoms with Crippen molar-refractivity contribution in [2.24, 2.45) is 4.99 Å². The van der Waals surface area contributed by atoms with Crippen molar-refractivity contribution in [3.05, 3.63) is 93.5 Å². The number of nitro groups is 1. The van der Waals surface area contributed by atoms with Gasteiger partial charge in [0.25, 0.3) is 5.69 Å². The van der Waals surface area contributed by atoms with Crippen molar-refractivity contribution in [3.8, 4) is 11.6 Å². The normalized spacial score (nSPS) is 11.8. The Kier molecular flexibility index (Phi) is 6.10. The number of aliphatic imine (C=N–C) groups is 1. The second-order valence-corrected chi connectivity index (χ2v) is 7.93. The molecule has 0 saturated heterocycles. The lowest BCUT2D eigenvalue weighted by Gasteiger charge is -2.11. The molecule has 33 heavy (non-hydrogen) atoms. The van der Waals surface area contributed by atoms with Crippen LogP contribution in [0.15, 0.2) is 71.7 Å². The third-order valence-electron chi connectivity index (χ3n) is 5.23. The third kappa shape index (κ3) is 4.70. The molecule has 0 aliphatic rings. The maximum atomic E-state index is 11.4. The van der Waals surface area contributed by atoms with Crippen molar-refractivity contribution in [1.29, 1.82) is 0 Å². The Bertz CT molecular complexity index is 1340. The van der Waals surface area contributed by atoms with E-state index >= 15 is 0 Å². The van der Waals surface area contributed by atoms with Gasteiger partial charge in [0.15, 0.2) is 5.88 Å². The number of aromatic hydroxyl groups is 1. The fourth-order valence-corrected chi connectivity index (χ4v) is 3.72. The van der Waals surface area contributed by atoms with E-state index in [2.05, 4.69) is 9.88 Å². The molecule has 0 aliphatic heterocycles. The number of methoxy groups -OCH3 is 1. The number of benzene rings is 3. The van der Waals surface area contributed by atoms with E-state index in [1.807, 2.05) is 62.6 Å². The molecule has 1 heterocycles. The minimum atomic E-state index is -0.459. The van der Waals surface area contributed by atoms with Gasteiger partial charge in [0.2, 0.25) is 0 Å². The summed E-state index contributed by atoms with van der Waals surface area (Å²) in [5, 5.41) is 22.7. The van der Waals surface area contributed by atoms with E-state index in [-0.39, 0.29) is 11.6 Å². The van der Waals surface area contributed by atoms with Gasteiger partial charge in [0.05, 0.1) is 29.0 Å². The lowest BCUT2D eigenvalue weighted by molar-refractivity contribution is -0.384. The Morgan fingerprint density at radius 2 is 1.88 bits per heavy atom. The minimum absolute atomic E-state index is 0.0687. The summed E-state index contributed by atoms with van der Waals surface area (Å²) in [5.74, 6) is 0.517. The van der Waals surface area contributed by atoms with E-state index in [9.17, 15) is 15.2 Å². The highest BCUT2D eigenvalue weighted by Gasteiger charge is 2.21. The summed E-state index contributed by atoms with van der Waals surface area (Å²) in [5.41, 5.74) is 3.90. The summed E-state index contributed by atoms with van der Waals surface area (Å²) in [4.78, 5) is 20.7. The summed E-state index contributed by atoms with van der Waals surface area (Å²) in [6.45, 7) is 0.805. The Balaban J connectivity index is 1.92. The number of nitro benzene ring substituents is 1. The maximum Gasteiger partial charge on any atom is 0.270 e. The molecule has 0 atom stereocenters. The quantitative estimate of drug-likeness (QED) is 0.237. The Morgan fingerprint density at radius 3 is 2.55 bits per heavy atom. The standard InChI is InChI=1S/C25H24N4O4/c1-28(2)15-16-7-9-18(10-8-16)26-24(17-5-4-6-20(13-17)33-3)23-21-14-19(29(31)32)11-12-22(21)27-25(23)30/h4-14,27,30H,15H2,1-3H3. The minimum Gasteiger partial charge on any atom is -0.497 e. The first-order chi connectivity index (χ1) is 15.9. The predicted molar refractivity (Wildman–Crippen MR) is 129 cm³/mol. The molecule has 0 unspecified atom stereocenters. The highest BCUT2D eigenvalue weighted by atomic mass is 16.6. The lowest BCUT2D eigenvalue weighted by Crippen LogP contribution is -2.10. The molecule has 4 rings (SSSR count). The van der Waals surface area contributed by atoms with Crippen LogP contribution >= 0.6 is 0 Å². The SMILES string of the molecule is COc1cccc(C(=Nc2ccc(CN(C)C)cc2)c2c(O)[nH]c3ccc([N+](=O)[O-])cc23)c1. The second kappa shape index (κ2) is 9.13. The fraction of sp³-hybridized carbons (Fsp3) is 0.160. The molecule has 0 saturated carbocycles. The monoisotopic (exact) mass is 444 g/mol. The smallest absolute Gasteiger partial charge is 0.270 e. The Labute approximate surface area is 190 Å². The Morgan fingerprint density at radius 1 is 1.12 bits per heavy atom. The van der Waals surface area contributed by atoms with Gasteiger partial charge in [0, 0.05) is 35.1 Å². The van der Waals surface area contributed by atoms with Crippen LogP contribution in [0.4, 0.5) is 11.4 Å². The first kappa shape index (κ1) is 22.0. The van der Waals surface area contributed by atoms with Crippen LogP contribution < -0.4 is 4.74 Å². The van der Waals surface area contributed by atoms with Gasteiger partial charge in [-0.15, -0.1) is 0 Å². The van der Waals surface area contributed by atoms with Crippen molar-refractivity contribution in [3.63, 3.8) is 0 Å². The molecule has 168 valence electrons. The van der Waals surface area contributed by atoms with Gasteiger partial charge in [-0.3, -0.25) is 10.1 Å². The first-order valence-electron chi connectivity index (χ1n) is 10.3. The van der Waals surface area contributed by atoms with Crippen LogP contribution in [0.1, 0.15) is 16.7 Å². The number of fused-ring (bicyclic) bond motifs is 1. The molecule has 4 aromatic rings. The van der Waals surface area contributed by atoms with Crippen LogP contribution in [0, 0.1) is 10.1 Å². The molecular weight excluding hydrogens is 420 g/mol. The number of aromatic nitrogens is 1. The van der Waals surface area contributed by atoms with E-state index in [0.717, 1.165) is 12.1 Å². The molecule has 1 aromatic heterocycles. The van der Waals surface area contributed by atoms with E-state index in [0.29, 0.717) is 39.2 Å². The van der Waals surface area contributed by atoms with Gasteiger partial charge in [0.1, 0.15) is 5.75 Å². The number of rotatable bonds is 7. The number of hydrogen-bond donors (Lipinski definition) is 2. The van der Waals surface area contributed by atoms with Gasteiger partial charge in [-0.1, -0.05) is 24.3 Å². The molecule has 0 fully saturated rings. The fourth-order valence-electron chi connectivity index (χ4n) is 3.72. The topological polar surface area (TPSA) is 104 Å². The summed E-state index contributed by atoms with van der Waals surface area (Å²) >= 11 is 0. The molecule has 8 heteroatoms. The van der Waals surface area contributed by atoms with Crippen LogP contribution in [0.3, 0.4) is 0 Å². The molecule has 0 radical (unpaired) electrons. The number of non-ortho nitro benzene ring substituents is 1. The van der Waals surface area contributed by atoms with Crippen LogP contribution in [0.25, 0.3) is 10.9 Å². The number of ether oxygens (including phenoxy) is 1. The van der Waals surface area contributed by atoms with Crippen molar-refractivity contribution in [1.82, 2.24) is 9.88 Å². The lowest BCUT2D eigenvalue weighted by atomic mass is 10.00.